The molecule has 3 aromatic rings. The fourth-order valence-electron chi connectivity index (χ4n) is 4.08. The van der Waals surface area contributed by atoms with Gasteiger partial charge < -0.3 is 16.2 Å². The molecule has 178 valence electrons. The lowest BCUT2D eigenvalue weighted by atomic mass is 9.98. The molecule has 1 atom stereocenters. The number of nitrogens with two attached hydrogens (primary N) is 1. The zero-order valence-electron chi connectivity index (χ0n) is 19.1. The van der Waals surface area contributed by atoms with Crippen LogP contribution in [0.3, 0.4) is 0 Å². The van der Waals surface area contributed by atoms with E-state index in [4.69, 9.17) is 5.73 Å². The molecule has 0 fully saturated rings. The quantitative estimate of drug-likeness (QED) is 0.388. The Kier molecular flexibility index (Phi) is 7.38. The number of nitrogens with one attached hydrogen (secondary N) is 2. The van der Waals surface area contributed by atoms with Gasteiger partial charge in [-0.3, -0.25) is 4.79 Å². The van der Waals surface area contributed by atoms with Gasteiger partial charge in [0.2, 0.25) is 10.0 Å². The Morgan fingerprint density at radius 1 is 0.971 bits per heavy atom. The Hall–Kier alpha value is -3.69. The number of carbonyl (C=O) groups is 2. The second kappa shape index (κ2) is 10.1. The molecule has 0 aliphatic heterocycles. The van der Waals surface area contributed by atoms with Crippen LogP contribution in [0.15, 0.2) is 65.6 Å². The maximum Gasteiger partial charge on any atom is 0.322 e. The van der Waals surface area contributed by atoms with E-state index in [-0.39, 0.29) is 11.3 Å². The molecule has 0 saturated heterocycles. The summed E-state index contributed by atoms with van der Waals surface area (Å²) >= 11 is 0. The van der Waals surface area contributed by atoms with Gasteiger partial charge in [0.15, 0.2) is 0 Å². The van der Waals surface area contributed by atoms with Crippen LogP contribution in [0.4, 0.5) is 10.5 Å². The van der Waals surface area contributed by atoms with Gasteiger partial charge >= 0.3 is 12.0 Å². The first-order valence-corrected chi connectivity index (χ1v) is 12.0. The third-order valence-electron chi connectivity index (χ3n) is 5.34. The minimum Gasteiger partial charge on any atom is -0.480 e. The molecule has 0 aromatic heterocycles. The number of carbonyl (C=O) groups excluding carboxylic acids is 1. The number of aryl methyl sites for hydroxylation is 3. The van der Waals surface area contributed by atoms with Crippen molar-refractivity contribution >= 4 is 27.7 Å². The summed E-state index contributed by atoms with van der Waals surface area (Å²) in [6, 6.07) is 15.6. The minimum absolute atomic E-state index is 0.0693. The number of sulfonamides is 1. The third-order valence-corrected chi connectivity index (χ3v) is 7.11. The van der Waals surface area contributed by atoms with Crippen molar-refractivity contribution in [2.75, 3.05) is 5.32 Å². The van der Waals surface area contributed by atoms with Gasteiger partial charge in [0, 0.05) is 5.56 Å². The number of amides is 2. The number of aliphatic carboxylic acids is 1. The molecule has 0 aliphatic rings. The van der Waals surface area contributed by atoms with E-state index in [2.05, 4.69) is 10.0 Å². The largest absolute Gasteiger partial charge is 0.480 e. The highest BCUT2D eigenvalue weighted by molar-refractivity contribution is 7.89. The summed E-state index contributed by atoms with van der Waals surface area (Å²) in [6.45, 7) is 5.21. The number of hydrogen-bond acceptors (Lipinski definition) is 4. The van der Waals surface area contributed by atoms with Gasteiger partial charge in [-0.1, -0.05) is 60.2 Å². The van der Waals surface area contributed by atoms with Gasteiger partial charge in [-0.05, 0) is 55.5 Å². The zero-order chi connectivity index (χ0) is 25.0. The highest BCUT2D eigenvalue weighted by atomic mass is 32.2. The van der Waals surface area contributed by atoms with Crippen molar-refractivity contribution in [3.63, 3.8) is 0 Å². The molecular weight excluding hydrogens is 454 g/mol. The van der Waals surface area contributed by atoms with Crippen molar-refractivity contribution in [1.82, 2.24) is 4.72 Å². The van der Waals surface area contributed by atoms with Crippen molar-refractivity contribution in [2.45, 2.75) is 38.1 Å². The predicted molar refractivity (Wildman–Crippen MR) is 131 cm³/mol. The van der Waals surface area contributed by atoms with Crippen molar-refractivity contribution < 1.29 is 23.1 Å². The lowest BCUT2D eigenvalue weighted by Crippen LogP contribution is -2.42. The zero-order valence-corrected chi connectivity index (χ0v) is 19.9. The van der Waals surface area contributed by atoms with E-state index >= 15 is 0 Å². The first-order chi connectivity index (χ1) is 16.0. The SMILES string of the molecule is Cc1cc(C)c(S(=O)(=O)NC(Cc2ccc(-c3ccccc3)c(NC(N)=O)c2)C(=O)O)c(C)c1. The topological polar surface area (TPSA) is 139 Å². The van der Waals surface area contributed by atoms with Gasteiger partial charge in [-0.2, -0.15) is 4.72 Å². The normalized spacial score (nSPS) is 12.2. The molecule has 9 heteroatoms. The molecule has 3 aromatic carbocycles. The van der Waals surface area contributed by atoms with Gasteiger partial charge in [0.25, 0.3) is 0 Å². The summed E-state index contributed by atoms with van der Waals surface area (Å²) in [5.41, 5.74) is 9.74. The number of hydrogen-bond donors (Lipinski definition) is 4. The van der Waals surface area contributed by atoms with E-state index in [1.807, 2.05) is 37.3 Å². The van der Waals surface area contributed by atoms with Crippen LogP contribution in [0.5, 0.6) is 0 Å². The molecule has 0 aliphatic carbocycles. The van der Waals surface area contributed by atoms with Gasteiger partial charge in [-0.15, -0.1) is 0 Å². The molecule has 0 radical (unpaired) electrons. The van der Waals surface area contributed by atoms with Crippen LogP contribution < -0.4 is 15.8 Å². The van der Waals surface area contributed by atoms with Crippen LogP contribution in [0.2, 0.25) is 0 Å². The van der Waals surface area contributed by atoms with Gasteiger partial charge in [0.05, 0.1) is 10.6 Å². The first-order valence-electron chi connectivity index (χ1n) is 10.6. The van der Waals surface area contributed by atoms with E-state index in [1.54, 1.807) is 44.2 Å². The monoisotopic (exact) mass is 481 g/mol. The van der Waals surface area contributed by atoms with E-state index in [0.717, 1.165) is 11.1 Å². The highest BCUT2D eigenvalue weighted by Crippen LogP contribution is 2.30. The van der Waals surface area contributed by atoms with Gasteiger partial charge in [0.1, 0.15) is 6.04 Å². The Morgan fingerprint density at radius 2 is 1.59 bits per heavy atom. The van der Waals surface area contributed by atoms with E-state index < -0.39 is 28.1 Å². The molecule has 5 N–H and O–H groups in total. The number of rotatable bonds is 8. The first kappa shape index (κ1) is 24.9. The van der Waals surface area contributed by atoms with Crippen LogP contribution in [0.1, 0.15) is 22.3 Å². The summed E-state index contributed by atoms with van der Waals surface area (Å²) in [4.78, 5) is 23.6. The van der Waals surface area contributed by atoms with Crippen LogP contribution in [-0.2, 0) is 21.2 Å². The summed E-state index contributed by atoms with van der Waals surface area (Å²) in [7, 11) is -4.10. The molecule has 0 bridgehead atoms. The van der Waals surface area contributed by atoms with Crippen molar-refractivity contribution in [3.8, 4) is 11.1 Å². The molecule has 2 amide bonds. The molecule has 0 heterocycles. The van der Waals surface area contributed by atoms with Crippen molar-refractivity contribution in [2.24, 2.45) is 5.73 Å². The molecule has 34 heavy (non-hydrogen) atoms. The Morgan fingerprint density at radius 3 is 2.15 bits per heavy atom. The second-order valence-electron chi connectivity index (χ2n) is 8.18. The molecular formula is C25H27N3O5S. The van der Waals surface area contributed by atoms with Gasteiger partial charge in [-0.25, -0.2) is 13.2 Å². The maximum atomic E-state index is 13.1. The molecule has 0 saturated carbocycles. The average Bonchev–Trinajstić information content (AvgIpc) is 2.72. The fraction of sp³-hybridized carbons (Fsp3) is 0.200. The Labute approximate surface area is 198 Å². The maximum absolute atomic E-state index is 13.1. The molecule has 0 spiro atoms. The number of carboxylic acids is 1. The highest BCUT2D eigenvalue weighted by Gasteiger charge is 2.28. The molecule has 3 rings (SSSR count). The number of urea groups is 1. The number of benzene rings is 3. The lowest BCUT2D eigenvalue weighted by molar-refractivity contribution is -0.138. The molecule has 8 nitrogen and oxygen atoms in total. The van der Waals surface area contributed by atoms with Crippen LogP contribution in [-0.4, -0.2) is 31.6 Å². The third kappa shape index (κ3) is 5.81. The Bertz CT molecular complexity index is 1310. The standard InChI is InChI=1S/C25H27N3O5S/c1-15-11-16(2)23(17(3)12-15)34(32,33)28-22(24(29)30)14-18-9-10-20(19-7-5-4-6-8-19)21(13-18)27-25(26)31/h4-13,22,28H,14H2,1-3H3,(H,29,30)(H3,26,27,31). The fourth-order valence-corrected chi connectivity index (χ4v) is 5.72. The van der Waals surface area contributed by atoms with E-state index in [0.29, 0.717) is 27.9 Å². The van der Waals surface area contributed by atoms with Crippen molar-refractivity contribution in [1.29, 1.82) is 0 Å². The van der Waals surface area contributed by atoms with Crippen LogP contribution >= 0.6 is 0 Å². The predicted octanol–water partition coefficient (Wildman–Crippen LogP) is 3.74. The van der Waals surface area contributed by atoms with E-state index in [9.17, 15) is 23.1 Å². The minimum atomic E-state index is -4.10. The van der Waals surface area contributed by atoms with Crippen LogP contribution in [0.25, 0.3) is 11.1 Å². The van der Waals surface area contributed by atoms with Crippen LogP contribution in [0, 0.1) is 20.8 Å². The lowest BCUT2D eigenvalue weighted by Gasteiger charge is -2.19. The second-order valence-corrected chi connectivity index (χ2v) is 9.83. The number of carboxylic acid groups (broad SMARTS) is 1. The number of anilines is 1. The number of primary amides is 1. The van der Waals surface area contributed by atoms with Crippen molar-refractivity contribution in [3.05, 3.63) is 82.9 Å². The summed E-state index contributed by atoms with van der Waals surface area (Å²) < 4.78 is 28.5. The van der Waals surface area contributed by atoms with E-state index in [1.165, 1.54) is 0 Å². The summed E-state index contributed by atoms with van der Waals surface area (Å²) in [6.07, 6.45) is -0.138. The summed E-state index contributed by atoms with van der Waals surface area (Å²) in [5, 5.41) is 12.3. The Balaban J connectivity index is 1.94. The average molecular weight is 482 g/mol. The molecule has 1 unspecified atom stereocenters. The summed E-state index contributed by atoms with van der Waals surface area (Å²) in [5.74, 6) is -1.32. The smallest absolute Gasteiger partial charge is 0.322 e.